The van der Waals surface area contributed by atoms with Crippen molar-refractivity contribution < 1.29 is 19.0 Å². The van der Waals surface area contributed by atoms with Crippen LogP contribution < -0.4 is 4.74 Å². The Kier molecular flexibility index (Phi) is 9.45. The molecule has 0 N–H and O–H groups in total. The molecule has 1 atom stereocenters. The lowest BCUT2D eigenvalue weighted by Gasteiger charge is -2.34. The van der Waals surface area contributed by atoms with E-state index in [1.54, 1.807) is 7.11 Å². The van der Waals surface area contributed by atoms with Crippen LogP contribution in [0.25, 0.3) is 11.0 Å². The molecule has 0 unspecified atom stereocenters. The van der Waals surface area contributed by atoms with Crippen LogP contribution in [0.5, 0.6) is 5.75 Å². The highest BCUT2D eigenvalue weighted by molar-refractivity contribution is 5.82. The number of fused-ring (bicyclic) bond motifs is 1. The van der Waals surface area contributed by atoms with E-state index >= 15 is 0 Å². The van der Waals surface area contributed by atoms with Gasteiger partial charge in [0.2, 0.25) is 0 Å². The molecule has 0 amide bonds. The molecule has 7 nitrogen and oxygen atoms in total. The lowest BCUT2D eigenvalue weighted by atomic mass is 9.69. The quantitative estimate of drug-likeness (QED) is 0.138. The van der Waals surface area contributed by atoms with Crippen molar-refractivity contribution in [3.8, 4) is 5.75 Å². The highest BCUT2D eigenvalue weighted by Crippen LogP contribution is 2.44. The van der Waals surface area contributed by atoms with Crippen molar-refractivity contribution >= 4 is 17.0 Å². The van der Waals surface area contributed by atoms with E-state index < -0.39 is 5.41 Å². The second kappa shape index (κ2) is 13.4. The standard InChI is InChI=1S/C37H41N3O4/c1-7-40-33-20-19-32(26(3)35(33)38-39-40)34(37(4,5)36(41)44-23-27-11-9-8-10-12-27)29-16-13-25(2)30(21-29)24-43-22-28-14-17-31(42-6)18-15-28/h8-21,34H,7,22-24H2,1-6H3/t34-/m0/s1. The molecule has 0 spiro atoms. The van der Waals surface area contributed by atoms with Gasteiger partial charge in [-0.3, -0.25) is 4.79 Å². The molecule has 0 fully saturated rings. The smallest absolute Gasteiger partial charge is 0.312 e. The van der Waals surface area contributed by atoms with Gasteiger partial charge >= 0.3 is 5.97 Å². The van der Waals surface area contributed by atoms with Gasteiger partial charge in [-0.25, -0.2) is 4.68 Å². The van der Waals surface area contributed by atoms with Gasteiger partial charge in [0.15, 0.2) is 0 Å². The highest BCUT2D eigenvalue weighted by Gasteiger charge is 2.41. The van der Waals surface area contributed by atoms with E-state index in [4.69, 9.17) is 14.2 Å². The SMILES string of the molecule is CCn1nnc2c(C)c([C@H](c3ccc(C)c(COCc4ccc(OC)cc4)c3)C(C)(C)C(=O)OCc3ccccc3)ccc21. The fourth-order valence-corrected chi connectivity index (χ4v) is 5.77. The number of esters is 1. The molecule has 5 rings (SSSR count). The van der Waals surface area contributed by atoms with E-state index in [0.717, 1.165) is 62.3 Å². The maximum absolute atomic E-state index is 13.9. The topological polar surface area (TPSA) is 75.5 Å². The molecule has 44 heavy (non-hydrogen) atoms. The zero-order chi connectivity index (χ0) is 31.3. The van der Waals surface area contributed by atoms with Crippen molar-refractivity contribution in [2.45, 2.75) is 66.9 Å². The second-order valence-electron chi connectivity index (χ2n) is 11.8. The normalized spacial score (nSPS) is 12.3. The summed E-state index contributed by atoms with van der Waals surface area (Å²) in [5, 5.41) is 8.86. The van der Waals surface area contributed by atoms with Crippen LogP contribution >= 0.6 is 0 Å². The number of nitrogens with zero attached hydrogens (tertiary/aromatic N) is 3. The molecule has 0 saturated carbocycles. The van der Waals surface area contributed by atoms with Gasteiger partial charge in [0.25, 0.3) is 0 Å². The zero-order valence-corrected chi connectivity index (χ0v) is 26.5. The summed E-state index contributed by atoms with van der Waals surface area (Å²) in [4.78, 5) is 13.9. The van der Waals surface area contributed by atoms with E-state index in [2.05, 4.69) is 61.4 Å². The third-order valence-corrected chi connectivity index (χ3v) is 8.45. The number of benzene rings is 4. The van der Waals surface area contributed by atoms with E-state index in [1.165, 1.54) is 0 Å². The summed E-state index contributed by atoms with van der Waals surface area (Å²) in [5.74, 6) is 0.253. The number of aryl methyl sites for hydroxylation is 3. The molecule has 1 aromatic heterocycles. The van der Waals surface area contributed by atoms with Crippen LogP contribution in [0.2, 0.25) is 0 Å². The predicted molar refractivity (Wildman–Crippen MR) is 172 cm³/mol. The molecular formula is C37H41N3O4. The van der Waals surface area contributed by atoms with Crippen LogP contribution in [0, 0.1) is 19.3 Å². The third kappa shape index (κ3) is 6.53. The summed E-state index contributed by atoms with van der Waals surface area (Å²) in [6.45, 7) is 12.0. The summed E-state index contributed by atoms with van der Waals surface area (Å²) in [6.07, 6.45) is 0. The summed E-state index contributed by atoms with van der Waals surface area (Å²) < 4.78 is 19.3. The first kappa shape index (κ1) is 31.0. The monoisotopic (exact) mass is 591 g/mol. The number of carbonyl (C=O) groups is 1. The Morgan fingerprint density at radius 3 is 2.32 bits per heavy atom. The molecule has 4 aromatic carbocycles. The maximum atomic E-state index is 13.9. The zero-order valence-electron chi connectivity index (χ0n) is 26.5. The minimum Gasteiger partial charge on any atom is -0.497 e. The van der Waals surface area contributed by atoms with Gasteiger partial charge in [-0.2, -0.15) is 0 Å². The van der Waals surface area contributed by atoms with E-state index in [1.807, 2.05) is 73.1 Å². The first-order chi connectivity index (χ1) is 21.2. The molecule has 0 saturated heterocycles. The van der Waals surface area contributed by atoms with Gasteiger partial charge in [-0.1, -0.05) is 71.9 Å². The Morgan fingerprint density at radius 1 is 0.886 bits per heavy atom. The first-order valence-corrected chi connectivity index (χ1v) is 15.1. The van der Waals surface area contributed by atoms with Gasteiger partial charge < -0.3 is 14.2 Å². The van der Waals surface area contributed by atoms with Gasteiger partial charge in [0.1, 0.15) is 17.9 Å². The number of hydrogen-bond donors (Lipinski definition) is 0. The maximum Gasteiger partial charge on any atom is 0.312 e. The first-order valence-electron chi connectivity index (χ1n) is 15.1. The summed E-state index contributed by atoms with van der Waals surface area (Å²) in [6, 6.07) is 28.2. The Labute approximate surface area is 259 Å². The average molecular weight is 592 g/mol. The Balaban J connectivity index is 1.49. The van der Waals surface area contributed by atoms with Crippen LogP contribution in [-0.4, -0.2) is 28.1 Å². The summed E-state index contributed by atoms with van der Waals surface area (Å²) >= 11 is 0. The average Bonchev–Trinajstić information content (AvgIpc) is 3.47. The van der Waals surface area contributed by atoms with Gasteiger partial charge in [-0.05, 0) is 91.8 Å². The molecule has 0 aliphatic rings. The lowest BCUT2D eigenvalue weighted by Crippen LogP contribution is -2.34. The van der Waals surface area contributed by atoms with Crippen LogP contribution in [0.4, 0.5) is 0 Å². The van der Waals surface area contributed by atoms with E-state index in [9.17, 15) is 4.79 Å². The fourth-order valence-electron chi connectivity index (χ4n) is 5.77. The number of rotatable bonds is 12. The highest BCUT2D eigenvalue weighted by atomic mass is 16.5. The Bertz CT molecular complexity index is 1730. The van der Waals surface area contributed by atoms with Crippen LogP contribution in [0.15, 0.2) is 84.9 Å². The number of aromatic nitrogens is 3. The fraction of sp³-hybridized carbons (Fsp3) is 0.324. The van der Waals surface area contributed by atoms with Crippen molar-refractivity contribution in [2.75, 3.05) is 7.11 Å². The van der Waals surface area contributed by atoms with Crippen molar-refractivity contribution in [2.24, 2.45) is 5.41 Å². The Hall–Kier alpha value is -4.49. The predicted octanol–water partition coefficient (Wildman–Crippen LogP) is 7.69. The third-order valence-electron chi connectivity index (χ3n) is 8.45. The molecule has 0 bridgehead atoms. The van der Waals surface area contributed by atoms with Crippen LogP contribution in [0.1, 0.15) is 65.6 Å². The molecule has 7 heteroatoms. The minimum absolute atomic E-state index is 0.219. The van der Waals surface area contributed by atoms with Crippen LogP contribution in [-0.2, 0) is 40.6 Å². The largest absolute Gasteiger partial charge is 0.497 e. The molecule has 0 aliphatic heterocycles. The van der Waals surface area contributed by atoms with E-state index in [0.29, 0.717) is 13.2 Å². The van der Waals surface area contributed by atoms with E-state index in [-0.39, 0.29) is 18.5 Å². The van der Waals surface area contributed by atoms with Crippen molar-refractivity contribution in [3.05, 3.63) is 124 Å². The second-order valence-corrected chi connectivity index (χ2v) is 11.8. The number of ether oxygens (including phenoxy) is 3. The molecular weight excluding hydrogens is 550 g/mol. The van der Waals surface area contributed by atoms with Crippen molar-refractivity contribution in [3.63, 3.8) is 0 Å². The summed E-state index contributed by atoms with van der Waals surface area (Å²) in [5.41, 5.74) is 8.21. The summed E-state index contributed by atoms with van der Waals surface area (Å²) in [7, 11) is 1.66. The molecule has 0 aliphatic carbocycles. The van der Waals surface area contributed by atoms with Gasteiger partial charge in [0, 0.05) is 12.5 Å². The van der Waals surface area contributed by atoms with Crippen molar-refractivity contribution in [1.29, 1.82) is 0 Å². The lowest BCUT2D eigenvalue weighted by molar-refractivity contribution is -0.156. The van der Waals surface area contributed by atoms with Gasteiger partial charge in [0.05, 0.1) is 31.3 Å². The number of hydrogen-bond acceptors (Lipinski definition) is 6. The minimum atomic E-state index is -0.898. The molecule has 1 heterocycles. The Morgan fingerprint density at radius 2 is 1.61 bits per heavy atom. The molecule has 228 valence electrons. The van der Waals surface area contributed by atoms with Crippen LogP contribution in [0.3, 0.4) is 0 Å². The van der Waals surface area contributed by atoms with Gasteiger partial charge in [-0.15, -0.1) is 5.10 Å². The van der Waals surface area contributed by atoms with Crippen molar-refractivity contribution in [1.82, 2.24) is 15.0 Å². The number of carbonyl (C=O) groups excluding carboxylic acids is 1. The number of methoxy groups -OCH3 is 1. The molecule has 5 aromatic rings. The molecule has 0 radical (unpaired) electrons.